The molecule has 0 amide bonds. The number of nitrogens with one attached hydrogen (secondary N) is 2. The standard InChI is InChI=1S/C28H37N6O7PS/c1-5-8-12-18(6-2)41-42(43,33-17(4)27(37)39-19-13-10-9-11-14-19)38-15-21-20(7-3)23(35)26(40-21)34-16-30-22-24(34)31-28(29)32-25(22)36/h3,5-6,8,12,16-17,19-21,23,26,35H,1,9-11,13-15H2,2,4H3,(H,33,43)(H3,29,31,32,36). The normalized spacial score (nSPS) is 25.3. The van der Waals surface area contributed by atoms with Crippen LogP contribution in [0.25, 0.3) is 11.2 Å². The van der Waals surface area contributed by atoms with E-state index in [0.717, 1.165) is 32.1 Å². The third kappa shape index (κ3) is 7.80. The Morgan fingerprint density at radius 3 is 2.88 bits per heavy atom. The lowest BCUT2D eigenvalue weighted by molar-refractivity contribution is -0.152. The number of rotatable bonds is 12. The number of ether oxygens (including phenoxy) is 2. The molecule has 2 fully saturated rings. The van der Waals surface area contributed by atoms with Crippen LogP contribution in [0.5, 0.6) is 0 Å². The maximum absolute atomic E-state index is 12.9. The summed E-state index contributed by atoms with van der Waals surface area (Å²) in [5.41, 5.74) is 5.33. The van der Waals surface area contributed by atoms with Crippen LogP contribution >= 0.6 is 6.64 Å². The second-order valence-electron chi connectivity index (χ2n) is 10.2. The van der Waals surface area contributed by atoms with Gasteiger partial charge in [0, 0.05) is 0 Å². The summed E-state index contributed by atoms with van der Waals surface area (Å²) in [6.07, 6.45) is 15.3. The summed E-state index contributed by atoms with van der Waals surface area (Å²) >= 11 is 5.83. The first-order valence-corrected chi connectivity index (χ1v) is 16.6. The van der Waals surface area contributed by atoms with Gasteiger partial charge in [0.05, 0.1) is 18.9 Å². The summed E-state index contributed by atoms with van der Waals surface area (Å²) in [5.74, 6) is 1.53. The number of terminal acetylenes is 1. The lowest BCUT2D eigenvalue weighted by atomic mass is 9.98. The number of anilines is 1. The van der Waals surface area contributed by atoms with Gasteiger partial charge in [0.1, 0.15) is 30.1 Å². The van der Waals surface area contributed by atoms with E-state index in [4.69, 9.17) is 42.5 Å². The fourth-order valence-electron chi connectivity index (χ4n) is 4.93. The van der Waals surface area contributed by atoms with Crippen molar-refractivity contribution < 1.29 is 28.4 Å². The number of carbonyl (C=O) groups is 1. The highest BCUT2D eigenvalue weighted by molar-refractivity contribution is 8.09. The van der Waals surface area contributed by atoms with E-state index in [2.05, 4.69) is 32.5 Å². The first-order chi connectivity index (χ1) is 20.6. The average Bonchev–Trinajstić information content (AvgIpc) is 3.54. The van der Waals surface area contributed by atoms with Crippen molar-refractivity contribution in [3.8, 4) is 12.3 Å². The molecule has 0 aromatic carbocycles. The third-order valence-corrected chi connectivity index (χ3v) is 9.65. The molecule has 0 radical (unpaired) electrons. The highest BCUT2D eigenvalue weighted by Crippen LogP contribution is 2.49. The van der Waals surface area contributed by atoms with E-state index in [1.165, 1.54) is 10.9 Å². The van der Waals surface area contributed by atoms with Crippen LogP contribution < -0.4 is 16.4 Å². The van der Waals surface area contributed by atoms with E-state index >= 15 is 0 Å². The minimum absolute atomic E-state index is 0.0237. The fraction of sp³-hybridized carbons (Fsp3) is 0.500. The number of carbonyl (C=O) groups excluding carboxylic acids is 1. The number of aromatic amines is 1. The van der Waals surface area contributed by atoms with Crippen molar-refractivity contribution in [3.63, 3.8) is 0 Å². The number of aliphatic hydroxyl groups excluding tert-OH is 1. The number of allylic oxidation sites excluding steroid dienone is 4. The lowest BCUT2D eigenvalue weighted by Gasteiger charge is -2.29. The number of fused-ring (bicyclic) bond motifs is 1. The Morgan fingerprint density at radius 2 is 2.21 bits per heavy atom. The third-order valence-electron chi connectivity index (χ3n) is 7.15. The number of aliphatic hydroxyl groups is 1. The first-order valence-electron chi connectivity index (χ1n) is 14.0. The van der Waals surface area contributed by atoms with Gasteiger partial charge in [-0.05, 0) is 63.5 Å². The number of H-pyrrole nitrogens is 1. The summed E-state index contributed by atoms with van der Waals surface area (Å²) < 4.78 is 25.5. The predicted molar refractivity (Wildman–Crippen MR) is 165 cm³/mol. The maximum atomic E-state index is 12.9. The van der Waals surface area contributed by atoms with E-state index in [-0.39, 0.29) is 29.8 Å². The maximum Gasteiger partial charge on any atom is 0.323 e. The van der Waals surface area contributed by atoms with E-state index < -0.39 is 48.6 Å². The van der Waals surface area contributed by atoms with Crippen LogP contribution in [0.2, 0.25) is 0 Å². The molecule has 1 saturated heterocycles. The molecule has 4 rings (SSSR count). The largest absolute Gasteiger partial charge is 0.461 e. The minimum Gasteiger partial charge on any atom is -0.461 e. The Bertz CT molecular complexity index is 1530. The van der Waals surface area contributed by atoms with Crippen LogP contribution in [0.3, 0.4) is 0 Å². The second kappa shape index (κ2) is 14.4. The molecule has 5 N–H and O–H groups in total. The molecular weight excluding hydrogens is 595 g/mol. The topological polar surface area (TPSA) is 176 Å². The van der Waals surface area contributed by atoms with Gasteiger partial charge in [-0.1, -0.05) is 31.1 Å². The van der Waals surface area contributed by atoms with Crippen LogP contribution in [-0.2, 0) is 35.1 Å². The molecule has 1 aliphatic heterocycles. The SMILES string of the molecule is C#CC1C(COP(=S)(NC(C)C(=O)OC2CCCCC2)OC(C=CC=C)=CC)OC(n2cnc3c(=O)[nH]c(N)nc32)C1O. The number of hydrogen-bond donors (Lipinski definition) is 4. The van der Waals surface area contributed by atoms with Crippen LogP contribution in [0.4, 0.5) is 5.95 Å². The van der Waals surface area contributed by atoms with Crippen molar-refractivity contribution in [2.75, 3.05) is 12.3 Å². The fourth-order valence-corrected chi connectivity index (χ4v) is 7.39. The Kier molecular flexibility index (Phi) is 10.9. The lowest BCUT2D eigenvalue weighted by Crippen LogP contribution is -2.37. The summed E-state index contributed by atoms with van der Waals surface area (Å²) in [4.78, 5) is 35.8. The van der Waals surface area contributed by atoms with E-state index in [9.17, 15) is 14.7 Å². The number of imidazole rings is 1. The second-order valence-corrected chi connectivity index (χ2v) is 13.4. The Hall–Kier alpha value is -3.31. The van der Waals surface area contributed by atoms with E-state index in [0.29, 0.717) is 5.76 Å². The van der Waals surface area contributed by atoms with Gasteiger partial charge < -0.3 is 29.4 Å². The van der Waals surface area contributed by atoms with Gasteiger partial charge in [0.25, 0.3) is 5.56 Å². The van der Waals surface area contributed by atoms with Crippen LogP contribution in [0, 0.1) is 18.3 Å². The molecule has 2 aromatic heterocycles. The highest BCUT2D eigenvalue weighted by Gasteiger charge is 2.45. The molecule has 0 spiro atoms. The van der Waals surface area contributed by atoms with Gasteiger partial charge in [-0.25, -0.2) is 10.1 Å². The van der Waals surface area contributed by atoms with Gasteiger partial charge in [-0.15, -0.1) is 6.42 Å². The van der Waals surface area contributed by atoms with Crippen molar-refractivity contribution in [2.24, 2.45) is 5.92 Å². The van der Waals surface area contributed by atoms with Crippen molar-refractivity contribution in [2.45, 2.75) is 76.5 Å². The highest BCUT2D eigenvalue weighted by atomic mass is 32.5. The molecule has 13 nitrogen and oxygen atoms in total. The van der Waals surface area contributed by atoms with Crippen molar-refractivity contribution >= 4 is 41.5 Å². The summed E-state index contributed by atoms with van der Waals surface area (Å²) in [7, 11) is 0. The van der Waals surface area contributed by atoms with Gasteiger partial charge in [-0.2, -0.15) is 4.98 Å². The molecule has 6 atom stereocenters. The Labute approximate surface area is 254 Å². The Morgan fingerprint density at radius 1 is 1.47 bits per heavy atom. The molecule has 43 heavy (non-hydrogen) atoms. The number of aromatic nitrogens is 4. The molecule has 3 heterocycles. The Balaban J connectivity index is 1.53. The molecule has 6 unspecified atom stereocenters. The summed E-state index contributed by atoms with van der Waals surface area (Å²) in [6, 6.07) is -0.840. The predicted octanol–water partition coefficient (Wildman–Crippen LogP) is 2.97. The number of hydrogen-bond acceptors (Lipinski definition) is 11. The molecule has 1 aliphatic carbocycles. The zero-order chi connectivity index (χ0) is 31.1. The van der Waals surface area contributed by atoms with Crippen LogP contribution in [-0.4, -0.2) is 61.6 Å². The van der Waals surface area contributed by atoms with Crippen molar-refractivity contribution in [3.05, 3.63) is 53.3 Å². The molecular formula is C28H37N6O7PS. The molecule has 2 aromatic rings. The number of nitrogens with two attached hydrogens (primary N) is 1. The number of nitrogen functional groups attached to an aromatic ring is 1. The van der Waals surface area contributed by atoms with E-state index in [1.807, 2.05) is 0 Å². The number of nitrogens with zero attached hydrogens (tertiary/aromatic N) is 3. The zero-order valence-corrected chi connectivity index (χ0v) is 25.8. The van der Waals surface area contributed by atoms with Crippen molar-refractivity contribution in [1.82, 2.24) is 24.6 Å². The van der Waals surface area contributed by atoms with E-state index in [1.54, 1.807) is 38.2 Å². The smallest absolute Gasteiger partial charge is 0.323 e. The first kappa shape index (κ1) is 32.6. The number of esters is 1. The molecule has 232 valence electrons. The van der Waals surface area contributed by atoms with Crippen LogP contribution in [0.1, 0.15) is 52.2 Å². The van der Waals surface area contributed by atoms with Gasteiger partial charge in [-0.3, -0.25) is 19.1 Å². The monoisotopic (exact) mass is 632 g/mol. The molecule has 0 bridgehead atoms. The molecule has 2 aliphatic rings. The summed E-state index contributed by atoms with van der Waals surface area (Å²) in [5, 5.41) is 14.1. The molecule has 15 heteroatoms. The zero-order valence-electron chi connectivity index (χ0n) is 24.0. The average molecular weight is 633 g/mol. The van der Waals surface area contributed by atoms with Gasteiger partial charge in [0.15, 0.2) is 17.4 Å². The quantitative estimate of drug-likeness (QED) is 0.0886. The van der Waals surface area contributed by atoms with Crippen molar-refractivity contribution in [1.29, 1.82) is 0 Å². The minimum atomic E-state index is -3.43. The van der Waals surface area contributed by atoms with Crippen LogP contribution in [0.15, 0.2) is 47.8 Å². The van der Waals surface area contributed by atoms with Gasteiger partial charge >= 0.3 is 12.6 Å². The summed E-state index contributed by atoms with van der Waals surface area (Å²) in [6.45, 7) is 3.44. The molecule has 1 saturated carbocycles. The van der Waals surface area contributed by atoms with Gasteiger partial charge in [0.2, 0.25) is 5.95 Å².